The molecule has 2 rings (SSSR count). The monoisotopic (exact) mass is 344 g/mol. The summed E-state index contributed by atoms with van der Waals surface area (Å²) in [7, 11) is 0. The summed E-state index contributed by atoms with van der Waals surface area (Å²) in [5.74, 6) is 0. The first-order chi connectivity index (χ1) is 9.16. The van der Waals surface area contributed by atoms with Crippen molar-refractivity contribution in [2.75, 3.05) is 19.6 Å². The van der Waals surface area contributed by atoms with Crippen LogP contribution in [0.15, 0.2) is 22.7 Å². The Kier molecular flexibility index (Phi) is 6.14. The van der Waals surface area contributed by atoms with Crippen LogP contribution in [0, 0.1) is 0 Å². The van der Waals surface area contributed by atoms with Crippen LogP contribution in [0.2, 0.25) is 5.02 Å². The number of hydrogen-bond acceptors (Lipinski definition) is 2. The number of halogens is 2. The maximum atomic E-state index is 6.28. The van der Waals surface area contributed by atoms with Crippen LogP contribution in [0.25, 0.3) is 0 Å². The lowest BCUT2D eigenvalue weighted by Crippen LogP contribution is -2.28. The van der Waals surface area contributed by atoms with E-state index in [1.165, 1.54) is 38.8 Å². The lowest BCUT2D eigenvalue weighted by atomic mass is 10.0. The number of likely N-dealkylation sites (tertiary alicyclic amines) is 1. The van der Waals surface area contributed by atoms with E-state index in [1.807, 2.05) is 18.2 Å². The summed E-state index contributed by atoms with van der Waals surface area (Å²) >= 11 is 9.67. The Morgan fingerprint density at radius 3 is 2.53 bits per heavy atom. The van der Waals surface area contributed by atoms with Crippen molar-refractivity contribution in [1.82, 2.24) is 4.90 Å². The van der Waals surface area contributed by atoms with E-state index >= 15 is 0 Å². The lowest BCUT2D eigenvalue weighted by Gasteiger charge is -2.22. The largest absolute Gasteiger partial charge is 0.324 e. The van der Waals surface area contributed by atoms with E-state index in [0.29, 0.717) is 0 Å². The number of nitrogens with zero attached hydrogens (tertiary/aromatic N) is 1. The van der Waals surface area contributed by atoms with Crippen molar-refractivity contribution in [3.05, 3.63) is 33.3 Å². The maximum Gasteiger partial charge on any atom is 0.0464 e. The second-order valence-corrected chi connectivity index (χ2v) is 6.64. The normalized spacial score (nSPS) is 19.1. The predicted octanol–water partition coefficient (Wildman–Crippen LogP) is 4.37. The highest BCUT2D eigenvalue weighted by atomic mass is 79.9. The van der Waals surface area contributed by atoms with Gasteiger partial charge in [-0.15, -0.1) is 0 Å². The van der Waals surface area contributed by atoms with E-state index in [4.69, 9.17) is 17.3 Å². The first-order valence-electron chi connectivity index (χ1n) is 7.09. The van der Waals surface area contributed by atoms with Crippen LogP contribution in [0.5, 0.6) is 0 Å². The summed E-state index contributed by atoms with van der Waals surface area (Å²) in [6.07, 6.45) is 6.38. The molecule has 0 aromatic heterocycles. The third-order valence-electron chi connectivity index (χ3n) is 3.82. The molecule has 19 heavy (non-hydrogen) atoms. The van der Waals surface area contributed by atoms with Gasteiger partial charge < -0.3 is 10.6 Å². The van der Waals surface area contributed by atoms with Crippen LogP contribution >= 0.6 is 27.5 Å². The van der Waals surface area contributed by atoms with Gasteiger partial charge >= 0.3 is 0 Å². The Morgan fingerprint density at radius 2 is 1.89 bits per heavy atom. The summed E-state index contributed by atoms with van der Waals surface area (Å²) in [5, 5.41) is 0.762. The molecule has 1 aliphatic rings. The van der Waals surface area contributed by atoms with Crippen LogP contribution in [-0.4, -0.2) is 24.5 Å². The second kappa shape index (κ2) is 7.63. The van der Waals surface area contributed by atoms with Crippen molar-refractivity contribution in [3.63, 3.8) is 0 Å². The van der Waals surface area contributed by atoms with Crippen molar-refractivity contribution < 1.29 is 0 Å². The van der Waals surface area contributed by atoms with Gasteiger partial charge in [-0.05, 0) is 56.6 Å². The highest BCUT2D eigenvalue weighted by Crippen LogP contribution is 2.27. The van der Waals surface area contributed by atoms with Crippen LogP contribution in [0.4, 0.5) is 0 Å². The Balaban J connectivity index is 1.87. The zero-order valence-corrected chi connectivity index (χ0v) is 13.6. The van der Waals surface area contributed by atoms with Crippen molar-refractivity contribution in [1.29, 1.82) is 0 Å². The Morgan fingerprint density at radius 1 is 1.21 bits per heavy atom. The average Bonchev–Trinajstić information content (AvgIpc) is 2.64. The quantitative estimate of drug-likeness (QED) is 0.878. The Hall–Kier alpha value is -0.0900. The molecule has 1 saturated heterocycles. The van der Waals surface area contributed by atoms with Gasteiger partial charge in [0.25, 0.3) is 0 Å². The summed E-state index contributed by atoms with van der Waals surface area (Å²) in [6.45, 7) is 3.52. The first-order valence-corrected chi connectivity index (χ1v) is 8.27. The summed E-state index contributed by atoms with van der Waals surface area (Å²) in [6, 6.07) is 5.98. The van der Waals surface area contributed by atoms with Gasteiger partial charge in [-0.2, -0.15) is 0 Å². The molecule has 2 N–H and O–H groups in total. The molecular formula is C15H22BrClN2. The number of benzene rings is 1. The van der Waals surface area contributed by atoms with E-state index in [-0.39, 0.29) is 6.04 Å². The molecule has 0 bridgehead atoms. The number of nitrogens with two attached hydrogens (primary N) is 1. The molecule has 1 aliphatic heterocycles. The zero-order valence-electron chi connectivity index (χ0n) is 11.2. The fourth-order valence-corrected chi connectivity index (χ4v) is 3.45. The SMILES string of the molecule is NC(CCN1CCCCCC1)c1ccc(Br)cc1Cl. The lowest BCUT2D eigenvalue weighted by molar-refractivity contribution is 0.273. The minimum Gasteiger partial charge on any atom is -0.324 e. The third-order valence-corrected chi connectivity index (χ3v) is 4.64. The van der Waals surface area contributed by atoms with Crippen molar-refractivity contribution in [2.24, 2.45) is 5.73 Å². The van der Waals surface area contributed by atoms with Gasteiger partial charge in [0.1, 0.15) is 0 Å². The molecule has 1 heterocycles. The number of hydrogen-bond donors (Lipinski definition) is 1. The standard InChI is InChI=1S/C15H22BrClN2/c16-12-5-6-13(14(17)11-12)15(18)7-10-19-8-3-1-2-4-9-19/h5-6,11,15H,1-4,7-10,18H2. The topological polar surface area (TPSA) is 29.3 Å². The van der Waals surface area contributed by atoms with Crippen molar-refractivity contribution in [3.8, 4) is 0 Å². The molecule has 0 aliphatic carbocycles. The van der Waals surface area contributed by atoms with E-state index in [2.05, 4.69) is 20.8 Å². The summed E-state index contributed by atoms with van der Waals surface area (Å²) in [5.41, 5.74) is 7.33. The second-order valence-electron chi connectivity index (χ2n) is 5.32. The van der Waals surface area contributed by atoms with Gasteiger partial charge in [0, 0.05) is 15.5 Å². The Labute approximate surface area is 129 Å². The highest BCUT2D eigenvalue weighted by Gasteiger charge is 2.14. The van der Waals surface area contributed by atoms with Crippen LogP contribution < -0.4 is 5.73 Å². The molecule has 1 unspecified atom stereocenters. The van der Waals surface area contributed by atoms with Gasteiger partial charge in [-0.1, -0.05) is 46.4 Å². The van der Waals surface area contributed by atoms with Crippen LogP contribution in [0.3, 0.4) is 0 Å². The molecule has 1 atom stereocenters. The van der Waals surface area contributed by atoms with Gasteiger partial charge in [0.15, 0.2) is 0 Å². The summed E-state index contributed by atoms with van der Waals surface area (Å²) in [4.78, 5) is 2.54. The molecule has 2 nitrogen and oxygen atoms in total. The van der Waals surface area contributed by atoms with E-state index in [1.54, 1.807) is 0 Å². The number of rotatable bonds is 4. The van der Waals surface area contributed by atoms with Crippen LogP contribution in [-0.2, 0) is 0 Å². The summed E-state index contributed by atoms with van der Waals surface area (Å²) < 4.78 is 1.00. The smallest absolute Gasteiger partial charge is 0.0464 e. The molecule has 0 radical (unpaired) electrons. The van der Waals surface area contributed by atoms with E-state index in [9.17, 15) is 0 Å². The van der Waals surface area contributed by atoms with Gasteiger partial charge in [0.2, 0.25) is 0 Å². The third kappa shape index (κ3) is 4.75. The Bertz CT molecular complexity index is 403. The first kappa shape index (κ1) is 15.3. The van der Waals surface area contributed by atoms with Gasteiger partial charge in [0.05, 0.1) is 0 Å². The molecule has 0 saturated carbocycles. The highest BCUT2D eigenvalue weighted by molar-refractivity contribution is 9.10. The van der Waals surface area contributed by atoms with E-state index < -0.39 is 0 Å². The molecule has 0 spiro atoms. The molecular weight excluding hydrogens is 324 g/mol. The van der Waals surface area contributed by atoms with Crippen LogP contribution in [0.1, 0.15) is 43.7 Å². The van der Waals surface area contributed by atoms with Crippen molar-refractivity contribution >= 4 is 27.5 Å². The minimum atomic E-state index is 0.0313. The fourth-order valence-electron chi connectivity index (χ4n) is 2.64. The molecule has 1 fully saturated rings. The molecule has 0 amide bonds. The predicted molar refractivity (Wildman–Crippen MR) is 85.6 cm³/mol. The average molecular weight is 346 g/mol. The van der Waals surface area contributed by atoms with Crippen molar-refractivity contribution in [2.45, 2.75) is 38.1 Å². The van der Waals surface area contributed by atoms with E-state index in [0.717, 1.165) is 28.0 Å². The zero-order chi connectivity index (χ0) is 13.7. The van der Waals surface area contributed by atoms with Gasteiger partial charge in [-0.25, -0.2) is 0 Å². The molecule has 1 aromatic carbocycles. The molecule has 1 aromatic rings. The minimum absolute atomic E-state index is 0.0313. The molecule has 4 heteroatoms. The fraction of sp³-hybridized carbons (Fsp3) is 0.600. The maximum absolute atomic E-state index is 6.28. The van der Waals surface area contributed by atoms with Gasteiger partial charge in [-0.3, -0.25) is 0 Å². The molecule has 106 valence electrons.